The number of nitrogens with one attached hydrogen (secondary N) is 2. The molecule has 8 heteroatoms. The molecule has 0 aliphatic carbocycles. The van der Waals surface area contributed by atoms with E-state index in [-0.39, 0.29) is 30.0 Å². The highest BCUT2D eigenvalue weighted by molar-refractivity contribution is 5.89. The fraction of sp³-hybridized carbons (Fsp3) is 0.381. The highest BCUT2D eigenvalue weighted by Crippen LogP contribution is 2.26. The first-order valence-electron chi connectivity index (χ1n) is 9.50. The van der Waals surface area contributed by atoms with Gasteiger partial charge in [0, 0.05) is 30.9 Å². The van der Waals surface area contributed by atoms with Crippen LogP contribution in [0.15, 0.2) is 42.5 Å². The summed E-state index contributed by atoms with van der Waals surface area (Å²) < 4.78 is 33.9. The standard InChI is InChI=1S/C21H25F2N3O3/c1-13-11-26(12-14(2)29-13)19-8-7-15(9-18(19)23)25-21(28)24-10-20(27)16-5-3-4-6-17(16)22/h3-9,13-14,20,27H,10-12H2,1-2H3,(H2,24,25,28)/t13-,14+,20-/m0/s1. The molecule has 1 saturated heterocycles. The van der Waals surface area contributed by atoms with Crippen LogP contribution in [0, 0.1) is 11.6 Å². The Labute approximate surface area is 168 Å². The number of amides is 2. The fourth-order valence-corrected chi connectivity index (χ4v) is 3.44. The highest BCUT2D eigenvalue weighted by Gasteiger charge is 2.24. The van der Waals surface area contributed by atoms with E-state index in [1.165, 1.54) is 24.3 Å². The first kappa shape index (κ1) is 21.0. The zero-order valence-corrected chi connectivity index (χ0v) is 16.4. The number of ether oxygens (including phenoxy) is 1. The summed E-state index contributed by atoms with van der Waals surface area (Å²) in [6.45, 7) is 4.87. The van der Waals surface area contributed by atoms with Crippen LogP contribution in [0.25, 0.3) is 0 Å². The predicted molar refractivity (Wildman–Crippen MR) is 107 cm³/mol. The minimum Gasteiger partial charge on any atom is -0.386 e. The van der Waals surface area contributed by atoms with Crippen LogP contribution in [0.3, 0.4) is 0 Å². The van der Waals surface area contributed by atoms with Crippen molar-refractivity contribution in [3.63, 3.8) is 0 Å². The van der Waals surface area contributed by atoms with Gasteiger partial charge in [0.2, 0.25) is 0 Å². The Bertz CT molecular complexity index is 855. The Morgan fingerprint density at radius 1 is 1.17 bits per heavy atom. The van der Waals surface area contributed by atoms with E-state index in [1.807, 2.05) is 18.7 Å². The summed E-state index contributed by atoms with van der Waals surface area (Å²) in [7, 11) is 0. The zero-order valence-electron chi connectivity index (χ0n) is 16.4. The average Bonchev–Trinajstić information content (AvgIpc) is 2.66. The Kier molecular flexibility index (Phi) is 6.66. The van der Waals surface area contributed by atoms with Gasteiger partial charge in [-0.05, 0) is 38.1 Å². The second-order valence-corrected chi connectivity index (χ2v) is 7.20. The van der Waals surface area contributed by atoms with Gasteiger partial charge in [-0.1, -0.05) is 18.2 Å². The van der Waals surface area contributed by atoms with Crippen LogP contribution >= 0.6 is 0 Å². The monoisotopic (exact) mass is 405 g/mol. The number of aliphatic hydroxyl groups is 1. The van der Waals surface area contributed by atoms with Crippen LogP contribution < -0.4 is 15.5 Å². The molecule has 1 fully saturated rings. The van der Waals surface area contributed by atoms with Gasteiger partial charge in [0.15, 0.2) is 0 Å². The van der Waals surface area contributed by atoms with Gasteiger partial charge >= 0.3 is 6.03 Å². The number of morpholine rings is 1. The van der Waals surface area contributed by atoms with Crippen molar-refractivity contribution < 1.29 is 23.4 Å². The van der Waals surface area contributed by atoms with Crippen molar-refractivity contribution >= 4 is 17.4 Å². The number of hydrogen-bond acceptors (Lipinski definition) is 4. The molecule has 1 aliphatic rings. The van der Waals surface area contributed by atoms with Crippen molar-refractivity contribution in [3.05, 3.63) is 59.7 Å². The van der Waals surface area contributed by atoms with Gasteiger partial charge in [-0.3, -0.25) is 0 Å². The molecule has 0 aromatic heterocycles. The number of urea groups is 1. The summed E-state index contributed by atoms with van der Waals surface area (Å²) in [6, 6.07) is 9.64. The van der Waals surface area contributed by atoms with E-state index in [0.29, 0.717) is 18.8 Å². The predicted octanol–water partition coefficient (Wildman–Crippen LogP) is 3.43. The zero-order chi connectivity index (χ0) is 21.0. The summed E-state index contributed by atoms with van der Waals surface area (Å²) in [4.78, 5) is 14.0. The van der Waals surface area contributed by atoms with E-state index in [4.69, 9.17) is 4.74 Å². The van der Waals surface area contributed by atoms with E-state index < -0.39 is 23.8 Å². The summed E-state index contributed by atoms with van der Waals surface area (Å²) >= 11 is 0. The van der Waals surface area contributed by atoms with Crippen molar-refractivity contribution in [2.45, 2.75) is 32.2 Å². The van der Waals surface area contributed by atoms with E-state index in [0.717, 1.165) is 0 Å². The Hall–Kier alpha value is -2.71. The lowest BCUT2D eigenvalue weighted by molar-refractivity contribution is -0.00539. The maximum atomic E-state index is 14.6. The van der Waals surface area contributed by atoms with Crippen LogP contribution in [-0.4, -0.2) is 43.0 Å². The van der Waals surface area contributed by atoms with Crippen molar-refractivity contribution in [1.82, 2.24) is 5.32 Å². The van der Waals surface area contributed by atoms with Gasteiger partial charge in [0.05, 0.1) is 24.0 Å². The summed E-state index contributed by atoms with van der Waals surface area (Å²) in [5.74, 6) is -0.998. The molecule has 3 rings (SSSR count). The van der Waals surface area contributed by atoms with Crippen LogP contribution in [0.5, 0.6) is 0 Å². The topological polar surface area (TPSA) is 73.8 Å². The number of rotatable bonds is 5. The molecule has 0 saturated carbocycles. The lowest BCUT2D eigenvalue weighted by Gasteiger charge is -2.37. The third-order valence-corrected chi connectivity index (χ3v) is 4.69. The molecule has 2 aromatic carbocycles. The largest absolute Gasteiger partial charge is 0.386 e. The first-order chi connectivity index (χ1) is 13.8. The quantitative estimate of drug-likeness (QED) is 0.713. The molecule has 3 N–H and O–H groups in total. The van der Waals surface area contributed by atoms with Crippen LogP contribution in [0.2, 0.25) is 0 Å². The molecule has 2 aromatic rings. The maximum absolute atomic E-state index is 14.6. The molecular formula is C21H25F2N3O3. The molecule has 3 atom stereocenters. The van der Waals surface area contributed by atoms with Gasteiger partial charge in [-0.2, -0.15) is 0 Å². The molecule has 0 unspecified atom stereocenters. The number of benzene rings is 2. The first-order valence-corrected chi connectivity index (χ1v) is 9.50. The minimum absolute atomic E-state index is 0.00241. The number of carbonyl (C=O) groups excluding carboxylic acids is 1. The van der Waals surface area contributed by atoms with Crippen molar-refractivity contribution in [2.24, 2.45) is 0 Å². The maximum Gasteiger partial charge on any atom is 0.319 e. The number of nitrogens with zero attached hydrogens (tertiary/aromatic N) is 1. The second kappa shape index (κ2) is 9.19. The molecule has 1 aliphatic heterocycles. The van der Waals surface area contributed by atoms with E-state index in [1.54, 1.807) is 18.2 Å². The summed E-state index contributed by atoms with van der Waals surface area (Å²) in [5.41, 5.74) is 0.823. The normalized spacial score (nSPS) is 20.2. The number of anilines is 2. The lowest BCUT2D eigenvalue weighted by atomic mass is 10.1. The SMILES string of the molecule is C[C@@H]1CN(c2ccc(NC(=O)NC[C@H](O)c3ccccc3F)cc2F)C[C@H](C)O1. The van der Waals surface area contributed by atoms with Gasteiger partial charge in [-0.25, -0.2) is 13.6 Å². The summed E-state index contributed by atoms with van der Waals surface area (Å²) in [6.07, 6.45) is -1.18. The van der Waals surface area contributed by atoms with Crippen LogP contribution in [0.1, 0.15) is 25.5 Å². The Morgan fingerprint density at radius 3 is 2.52 bits per heavy atom. The van der Waals surface area contributed by atoms with Gasteiger partial charge < -0.3 is 25.4 Å². The molecule has 6 nitrogen and oxygen atoms in total. The van der Waals surface area contributed by atoms with Crippen LogP contribution in [-0.2, 0) is 4.74 Å². The minimum atomic E-state index is -1.19. The molecule has 0 spiro atoms. The van der Waals surface area contributed by atoms with Gasteiger partial charge in [-0.15, -0.1) is 0 Å². The molecule has 29 heavy (non-hydrogen) atoms. The van der Waals surface area contributed by atoms with Crippen molar-refractivity contribution in [3.8, 4) is 0 Å². The molecule has 2 amide bonds. The number of halogens is 2. The molecule has 1 heterocycles. The highest BCUT2D eigenvalue weighted by atomic mass is 19.1. The third kappa shape index (κ3) is 5.42. The van der Waals surface area contributed by atoms with Gasteiger partial charge in [0.25, 0.3) is 0 Å². The number of aliphatic hydroxyl groups excluding tert-OH is 1. The van der Waals surface area contributed by atoms with E-state index in [2.05, 4.69) is 10.6 Å². The lowest BCUT2D eigenvalue weighted by Crippen LogP contribution is -2.45. The fourth-order valence-electron chi connectivity index (χ4n) is 3.44. The number of carbonyl (C=O) groups is 1. The van der Waals surface area contributed by atoms with E-state index in [9.17, 15) is 18.7 Å². The average molecular weight is 405 g/mol. The smallest absolute Gasteiger partial charge is 0.319 e. The number of hydrogen-bond donors (Lipinski definition) is 3. The second-order valence-electron chi connectivity index (χ2n) is 7.20. The van der Waals surface area contributed by atoms with E-state index >= 15 is 0 Å². The molecule has 0 bridgehead atoms. The van der Waals surface area contributed by atoms with Gasteiger partial charge in [0.1, 0.15) is 11.6 Å². The van der Waals surface area contributed by atoms with Crippen molar-refractivity contribution in [2.75, 3.05) is 29.9 Å². The summed E-state index contributed by atoms with van der Waals surface area (Å²) in [5, 5.41) is 15.0. The third-order valence-electron chi connectivity index (χ3n) is 4.69. The Morgan fingerprint density at radius 2 is 1.86 bits per heavy atom. The Balaban J connectivity index is 1.57. The molecule has 156 valence electrons. The molecular weight excluding hydrogens is 380 g/mol. The van der Waals surface area contributed by atoms with Crippen molar-refractivity contribution in [1.29, 1.82) is 0 Å². The molecule has 0 radical (unpaired) electrons. The van der Waals surface area contributed by atoms with Crippen LogP contribution in [0.4, 0.5) is 25.0 Å².